The summed E-state index contributed by atoms with van der Waals surface area (Å²) in [6.45, 7) is -0.790. The second kappa shape index (κ2) is 10.2. The van der Waals surface area contributed by atoms with Crippen LogP contribution >= 0.6 is 0 Å². The number of nitro benzene ring substituents is 1. The fourth-order valence-corrected chi connectivity index (χ4v) is 3.17. The van der Waals surface area contributed by atoms with Crippen LogP contribution in [-0.4, -0.2) is 32.4 Å². The number of nitrogen functional groups attached to an aromatic ring is 1. The van der Waals surface area contributed by atoms with E-state index in [1.807, 2.05) is 0 Å². The van der Waals surface area contributed by atoms with Crippen LogP contribution in [0.5, 0.6) is 0 Å². The number of nitrogens with two attached hydrogens (primary N) is 1. The number of ether oxygens (including phenoxy) is 1. The Morgan fingerprint density at radius 3 is 2.41 bits per heavy atom. The summed E-state index contributed by atoms with van der Waals surface area (Å²) in [6.07, 6.45) is 2.10. The molecule has 0 aliphatic carbocycles. The van der Waals surface area contributed by atoms with Crippen molar-refractivity contribution in [1.29, 1.82) is 0 Å². The Balaban J connectivity index is 1.80. The van der Waals surface area contributed by atoms with Crippen LogP contribution in [0.15, 0.2) is 70.3 Å². The minimum absolute atomic E-state index is 0.0261. The van der Waals surface area contributed by atoms with E-state index in [1.54, 1.807) is 36.4 Å². The van der Waals surface area contributed by atoms with Crippen molar-refractivity contribution < 1.29 is 19.2 Å². The minimum atomic E-state index is -0.959. The number of carbonyl (C=O) groups excluding carboxylic acids is 2. The molecule has 11 heteroatoms. The molecule has 0 unspecified atom stereocenters. The third-order valence-corrected chi connectivity index (χ3v) is 4.92. The smallest absolute Gasteiger partial charge is 0.332 e. The SMILES string of the molecule is Cn1c(=O)c(C(=O)COC(=O)C=Cc2ccccc2[N+](=O)[O-])c(N)n(Cc2ccccc2)c1=O. The van der Waals surface area contributed by atoms with E-state index < -0.39 is 40.1 Å². The van der Waals surface area contributed by atoms with Crippen molar-refractivity contribution in [2.24, 2.45) is 7.05 Å². The fourth-order valence-electron chi connectivity index (χ4n) is 3.17. The quantitative estimate of drug-likeness (QED) is 0.173. The van der Waals surface area contributed by atoms with Gasteiger partial charge in [-0.2, -0.15) is 0 Å². The summed E-state index contributed by atoms with van der Waals surface area (Å²) in [5.74, 6) is -2.19. The van der Waals surface area contributed by atoms with Crippen molar-refractivity contribution in [1.82, 2.24) is 9.13 Å². The lowest BCUT2D eigenvalue weighted by molar-refractivity contribution is -0.385. The molecule has 0 saturated heterocycles. The average molecular weight is 464 g/mol. The monoisotopic (exact) mass is 464 g/mol. The van der Waals surface area contributed by atoms with Crippen molar-refractivity contribution in [3.63, 3.8) is 0 Å². The molecule has 34 heavy (non-hydrogen) atoms. The number of nitrogens with zero attached hydrogens (tertiary/aromatic N) is 3. The Morgan fingerprint density at radius 1 is 1.09 bits per heavy atom. The first-order valence-corrected chi connectivity index (χ1v) is 9.95. The minimum Gasteiger partial charge on any atom is -0.454 e. The Kier molecular flexibility index (Phi) is 7.16. The van der Waals surface area contributed by atoms with Gasteiger partial charge in [-0.15, -0.1) is 0 Å². The lowest BCUT2D eigenvalue weighted by Gasteiger charge is -2.14. The average Bonchev–Trinajstić information content (AvgIpc) is 2.83. The summed E-state index contributed by atoms with van der Waals surface area (Å²) < 4.78 is 6.72. The lowest BCUT2D eigenvalue weighted by atomic mass is 10.1. The summed E-state index contributed by atoms with van der Waals surface area (Å²) in [4.78, 5) is 60.2. The van der Waals surface area contributed by atoms with E-state index in [4.69, 9.17) is 10.5 Å². The molecular weight excluding hydrogens is 444 g/mol. The van der Waals surface area contributed by atoms with E-state index in [0.717, 1.165) is 20.8 Å². The zero-order valence-corrected chi connectivity index (χ0v) is 18.0. The summed E-state index contributed by atoms with van der Waals surface area (Å²) in [6, 6.07) is 14.6. The number of aromatic nitrogens is 2. The van der Waals surface area contributed by atoms with Crippen LogP contribution in [-0.2, 0) is 23.1 Å². The first-order chi connectivity index (χ1) is 16.2. The number of benzene rings is 2. The maximum Gasteiger partial charge on any atom is 0.332 e. The molecule has 0 saturated carbocycles. The van der Waals surface area contributed by atoms with Crippen LogP contribution < -0.4 is 17.0 Å². The van der Waals surface area contributed by atoms with Crippen LogP contribution in [0, 0.1) is 10.1 Å². The Bertz CT molecular complexity index is 1410. The van der Waals surface area contributed by atoms with Gasteiger partial charge in [0.25, 0.3) is 11.2 Å². The number of carbonyl (C=O) groups is 2. The zero-order chi connectivity index (χ0) is 24.8. The fraction of sp³-hybridized carbons (Fsp3) is 0.130. The maximum absolute atomic E-state index is 12.7. The highest BCUT2D eigenvalue weighted by atomic mass is 16.6. The molecule has 3 rings (SSSR count). The second-order valence-corrected chi connectivity index (χ2v) is 7.16. The van der Waals surface area contributed by atoms with Crippen LogP contribution in [0.25, 0.3) is 6.08 Å². The van der Waals surface area contributed by atoms with E-state index in [2.05, 4.69) is 0 Å². The number of anilines is 1. The lowest BCUT2D eigenvalue weighted by Crippen LogP contribution is -2.43. The first-order valence-electron chi connectivity index (χ1n) is 9.95. The molecule has 11 nitrogen and oxygen atoms in total. The molecule has 2 N–H and O–H groups in total. The molecule has 174 valence electrons. The predicted octanol–water partition coefficient (Wildman–Crippen LogP) is 1.52. The van der Waals surface area contributed by atoms with Gasteiger partial charge in [-0.05, 0) is 17.7 Å². The summed E-state index contributed by atoms with van der Waals surface area (Å²) in [5, 5.41) is 11.0. The summed E-state index contributed by atoms with van der Waals surface area (Å²) in [5.41, 5.74) is 4.59. The van der Waals surface area contributed by atoms with Crippen LogP contribution in [0.2, 0.25) is 0 Å². The van der Waals surface area contributed by atoms with Crippen LogP contribution in [0.4, 0.5) is 11.5 Å². The molecular formula is C23H20N4O7. The maximum atomic E-state index is 12.7. The molecule has 1 aromatic heterocycles. The van der Waals surface area contributed by atoms with Gasteiger partial charge in [0.2, 0.25) is 5.78 Å². The molecule has 2 aromatic carbocycles. The molecule has 0 spiro atoms. The van der Waals surface area contributed by atoms with Gasteiger partial charge < -0.3 is 10.5 Å². The third kappa shape index (κ3) is 5.15. The number of esters is 1. The molecule has 1 heterocycles. The van der Waals surface area contributed by atoms with E-state index >= 15 is 0 Å². The van der Waals surface area contributed by atoms with Gasteiger partial charge in [-0.3, -0.25) is 28.8 Å². The first kappa shape index (κ1) is 23.9. The molecule has 0 radical (unpaired) electrons. The molecule has 0 atom stereocenters. The summed E-state index contributed by atoms with van der Waals surface area (Å²) in [7, 11) is 1.21. The number of rotatable bonds is 8. The van der Waals surface area contributed by atoms with Crippen molar-refractivity contribution in [3.05, 3.63) is 108 Å². The Morgan fingerprint density at radius 2 is 1.74 bits per heavy atom. The Hall–Kier alpha value is -4.80. The van der Waals surface area contributed by atoms with E-state index in [0.29, 0.717) is 0 Å². The van der Waals surface area contributed by atoms with Gasteiger partial charge in [0.15, 0.2) is 6.61 Å². The highest BCUT2D eigenvalue weighted by Gasteiger charge is 2.22. The number of hydrogen-bond donors (Lipinski definition) is 1. The molecule has 0 bridgehead atoms. The van der Waals surface area contributed by atoms with Gasteiger partial charge in [0.1, 0.15) is 11.4 Å². The zero-order valence-electron chi connectivity index (χ0n) is 18.0. The number of ketones is 1. The van der Waals surface area contributed by atoms with Crippen LogP contribution in [0.1, 0.15) is 21.5 Å². The normalized spacial score (nSPS) is 10.9. The van der Waals surface area contributed by atoms with E-state index in [-0.39, 0.29) is 23.6 Å². The topological polar surface area (TPSA) is 157 Å². The van der Waals surface area contributed by atoms with Crippen molar-refractivity contribution in [3.8, 4) is 0 Å². The van der Waals surface area contributed by atoms with E-state index in [1.165, 1.54) is 31.3 Å². The van der Waals surface area contributed by atoms with Gasteiger partial charge in [-0.25, -0.2) is 9.59 Å². The highest BCUT2D eigenvalue weighted by Crippen LogP contribution is 2.19. The molecule has 0 aliphatic rings. The van der Waals surface area contributed by atoms with Gasteiger partial charge in [0.05, 0.1) is 17.0 Å². The number of para-hydroxylation sites is 1. The third-order valence-electron chi connectivity index (χ3n) is 4.92. The summed E-state index contributed by atoms with van der Waals surface area (Å²) >= 11 is 0. The van der Waals surface area contributed by atoms with Crippen molar-refractivity contribution in [2.45, 2.75) is 6.54 Å². The second-order valence-electron chi connectivity index (χ2n) is 7.16. The molecule has 3 aromatic rings. The Labute approximate surface area is 192 Å². The van der Waals surface area contributed by atoms with Crippen molar-refractivity contribution in [2.75, 3.05) is 12.3 Å². The van der Waals surface area contributed by atoms with Crippen molar-refractivity contribution >= 4 is 29.3 Å². The molecule has 0 fully saturated rings. The number of hydrogen-bond acceptors (Lipinski definition) is 8. The van der Waals surface area contributed by atoms with Gasteiger partial charge in [0, 0.05) is 19.2 Å². The molecule has 0 aliphatic heterocycles. The number of Topliss-reactive ketones (excluding diaryl/α,β-unsaturated/α-hetero) is 1. The van der Waals surface area contributed by atoms with Gasteiger partial charge in [-0.1, -0.05) is 42.5 Å². The largest absolute Gasteiger partial charge is 0.454 e. The van der Waals surface area contributed by atoms with Crippen LogP contribution in [0.3, 0.4) is 0 Å². The molecule has 0 amide bonds. The predicted molar refractivity (Wildman–Crippen MR) is 123 cm³/mol. The standard InChI is InChI=1S/C23H20N4O7/c1-25-22(30)20(21(24)26(23(25)31)13-15-7-3-2-4-8-15)18(28)14-34-19(29)12-11-16-9-5-6-10-17(16)27(32)33/h2-12H,13-14,24H2,1H3. The number of nitro groups is 1. The highest BCUT2D eigenvalue weighted by molar-refractivity contribution is 6.02. The van der Waals surface area contributed by atoms with E-state index in [9.17, 15) is 29.3 Å². The van der Waals surface area contributed by atoms with Gasteiger partial charge >= 0.3 is 11.7 Å².